The number of ether oxygens (including phenoxy) is 1. The normalized spacial score (nSPS) is 55.4. The second-order valence-corrected chi connectivity index (χ2v) is 9.80. The molecule has 0 bridgehead atoms. The number of fused-ring (bicyclic) bond motifs is 9. The number of rotatable bonds is 1. The minimum atomic E-state index is 0.0560. The Balaban J connectivity index is 1.40. The number of hydrogen-bond acceptors (Lipinski definition) is 2. The summed E-state index contributed by atoms with van der Waals surface area (Å²) in [5, 5.41) is 0. The fraction of sp³-hybridized carbons (Fsp3) is 0.783. The van der Waals surface area contributed by atoms with Crippen LogP contribution in [0.4, 0.5) is 0 Å². The van der Waals surface area contributed by atoms with Gasteiger partial charge in [-0.25, -0.2) is 0 Å². The molecule has 0 N–H and O–H groups in total. The molecule has 8 unspecified atom stereocenters. The van der Waals surface area contributed by atoms with Crippen molar-refractivity contribution < 1.29 is 9.53 Å². The summed E-state index contributed by atoms with van der Waals surface area (Å²) < 4.78 is 6.45. The van der Waals surface area contributed by atoms with E-state index < -0.39 is 0 Å². The first kappa shape index (κ1) is 15.2. The van der Waals surface area contributed by atoms with Crippen LogP contribution in [0, 0.1) is 40.9 Å². The fourth-order valence-electron chi connectivity index (χ4n) is 8.55. The van der Waals surface area contributed by atoms with Gasteiger partial charge in [-0.3, -0.25) is 4.79 Å². The van der Waals surface area contributed by atoms with Crippen LogP contribution in [0.15, 0.2) is 23.8 Å². The Morgan fingerprint density at radius 2 is 2.08 bits per heavy atom. The van der Waals surface area contributed by atoms with E-state index in [9.17, 15) is 4.79 Å². The summed E-state index contributed by atoms with van der Waals surface area (Å²) in [7, 11) is 0. The van der Waals surface area contributed by atoms with Gasteiger partial charge in [-0.2, -0.15) is 0 Å². The van der Waals surface area contributed by atoms with Gasteiger partial charge in [0, 0.05) is 11.8 Å². The molecule has 4 saturated carbocycles. The van der Waals surface area contributed by atoms with E-state index in [4.69, 9.17) is 4.74 Å². The lowest BCUT2D eigenvalue weighted by Gasteiger charge is -2.56. The molecule has 2 heteroatoms. The highest BCUT2D eigenvalue weighted by molar-refractivity contribution is 5.91. The Labute approximate surface area is 151 Å². The average Bonchev–Trinajstić information content (AvgIpc) is 3.18. The highest BCUT2D eigenvalue weighted by atomic mass is 16.5. The molecule has 0 radical (unpaired) electrons. The lowest BCUT2D eigenvalue weighted by atomic mass is 9.49. The standard InChI is InChI=1S/C23H30O2/c1-2-22-9-6-16-15-5-4-14(24)12-17(15)18-13-19(18)21(16)20(22)7-10-23(22)8-3-11-25-23/h3,8,12,15-16,18-21H,2,4-7,9-11,13H2,1H3. The van der Waals surface area contributed by atoms with Crippen molar-refractivity contribution in [3.8, 4) is 0 Å². The molecule has 6 aliphatic rings. The van der Waals surface area contributed by atoms with Crippen molar-refractivity contribution in [1.82, 2.24) is 0 Å². The van der Waals surface area contributed by atoms with Crippen LogP contribution in [-0.4, -0.2) is 18.0 Å². The molecule has 0 saturated heterocycles. The molecule has 134 valence electrons. The predicted molar refractivity (Wildman–Crippen MR) is 96.9 cm³/mol. The third kappa shape index (κ3) is 1.73. The molecular formula is C23H30O2. The van der Waals surface area contributed by atoms with Gasteiger partial charge in [-0.15, -0.1) is 0 Å². The van der Waals surface area contributed by atoms with Crippen LogP contribution in [0.2, 0.25) is 0 Å². The van der Waals surface area contributed by atoms with Gasteiger partial charge in [0.1, 0.15) is 0 Å². The highest BCUT2D eigenvalue weighted by Crippen LogP contribution is 2.73. The summed E-state index contributed by atoms with van der Waals surface area (Å²) in [6.07, 6.45) is 16.7. The number of hydrogen-bond donors (Lipinski definition) is 0. The van der Waals surface area contributed by atoms with Crippen LogP contribution in [0.1, 0.15) is 58.3 Å². The van der Waals surface area contributed by atoms with Crippen molar-refractivity contribution in [2.75, 3.05) is 6.61 Å². The second kappa shape index (κ2) is 4.88. The molecule has 8 atom stereocenters. The van der Waals surface area contributed by atoms with Gasteiger partial charge in [0.05, 0.1) is 12.2 Å². The van der Waals surface area contributed by atoms with E-state index in [0.717, 1.165) is 55.0 Å². The van der Waals surface area contributed by atoms with Gasteiger partial charge in [-0.1, -0.05) is 24.6 Å². The van der Waals surface area contributed by atoms with E-state index in [1.165, 1.54) is 38.5 Å². The van der Waals surface area contributed by atoms with Crippen LogP contribution in [-0.2, 0) is 9.53 Å². The van der Waals surface area contributed by atoms with Gasteiger partial charge < -0.3 is 4.74 Å². The molecule has 0 amide bonds. The summed E-state index contributed by atoms with van der Waals surface area (Å²) in [5.41, 5.74) is 2.02. The van der Waals surface area contributed by atoms with E-state index in [1.807, 2.05) is 0 Å². The highest BCUT2D eigenvalue weighted by Gasteiger charge is 2.69. The summed E-state index contributed by atoms with van der Waals surface area (Å²) >= 11 is 0. The molecule has 1 spiro atoms. The Bertz CT molecular complexity index is 690. The molecule has 2 nitrogen and oxygen atoms in total. The van der Waals surface area contributed by atoms with Gasteiger partial charge in [0.2, 0.25) is 0 Å². The van der Waals surface area contributed by atoms with Crippen LogP contribution >= 0.6 is 0 Å². The second-order valence-electron chi connectivity index (χ2n) is 9.80. The zero-order valence-corrected chi connectivity index (χ0v) is 15.4. The Hall–Kier alpha value is -0.890. The topological polar surface area (TPSA) is 26.3 Å². The molecule has 1 heterocycles. The van der Waals surface area contributed by atoms with E-state index in [0.29, 0.717) is 11.2 Å². The van der Waals surface area contributed by atoms with Gasteiger partial charge >= 0.3 is 0 Å². The Kier molecular flexibility index (Phi) is 2.97. The number of carbonyl (C=O) groups excluding carboxylic acids is 1. The summed E-state index contributed by atoms with van der Waals surface area (Å²) in [4.78, 5) is 12.0. The van der Waals surface area contributed by atoms with Gasteiger partial charge in [-0.05, 0) is 86.5 Å². The maximum atomic E-state index is 12.0. The summed E-state index contributed by atoms with van der Waals surface area (Å²) in [5.74, 6) is 5.40. The van der Waals surface area contributed by atoms with Crippen molar-refractivity contribution >= 4 is 5.78 Å². The van der Waals surface area contributed by atoms with Crippen molar-refractivity contribution in [2.45, 2.75) is 63.9 Å². The molecule has 6 rings (SSSR count). The maximum Gasteiger partial charge on any atom is 0.155 e. The predicted octanol–water partition coefficient (Wildman–Crippen LogP) is 4.70. The largest absolute Gasteiger partial charge is 0.366 e. The molecule has 0 aromatic carbocycles. The van der Waals surface area contributed by atoms with Crippen LogP contribution in [0.5, 0.6) is 0 Å². The first-order chi connectivity index (χ1) is 12.2. The third-order valence-corrected chi connectivity index (χ3v) is 9.45. The quantitative estimate of drug-likeness (QED) is 0.648. The Morgan fingerprint density at radius 3 is 2.88 bits per heavy atom. The molecule has 1 aliphatic heterocycles. The lowest BCUT2D eigenvalue weighted by molar-refractivity contribution is -0.127. The molecule has 0 aromatic rings. The van der Waals surface area contributed by atoms with Gasteiger partial charge in [0.15, 0.2) is 5.78 Å². The van der Waals surface area contributed by atoms with Gasteiger partial charge in [0.25, 0.3) is 0 Å². The minimum absolute atomic E-state index is 0.0560. The molecular weight excluding hydrogens is 308 g/mol. The number of ketones is 1. The number of carbonyl (C=O) groups is 1. The maximum absolute atomic E-state index is 12.0. The molecule has 25 heavy (non-hydrogen) atoms. The van der Waals surface area contributed by atoms with E-state index in [1.54, 1.807) is 5.57 Å². The van der Waals surface area contributed by atoms with Crippen molar-refractivity contribution in [1.29, 1.82) is 0 Å². The monoisotopic (exact) mass is 338 g/mol. The van der Waals surface area contributed by atoms with Crippen molar-refractivity contribution in [3.63, 3.8) is 0 Å². The van der Waals surface area contributed by atoms with E-state index in [2.05, 4.69) is 25.2 Å². The zero-order valence-electron chi connectivity index (χ0n) is 15.4. The average molecular weight is 338 g/mol. The van der Waals surface area contributed by atoms with Crippen LogP contribution < -0.4 is 0 Å². The van der Waals surface area contributed by atoms with Crippen molar-refractivity contribution in [2.24, 2.45) is 40.9 Å². The molecule has 5 aliphatic carbocycles. The van der Waals surface area contributed by atoms with Crippen LogP contribution in [0.3, 0.4) is 0 Å². The third-order valence-electron chi connectivity index (χ3n) is 9.45. The molecule has 4 fully saturated rings. The zero-order chi connectivity index (χ0) is 16.8. The fourth-order valence-corrected chi connectivity index (χ4v) is 8.55. The smallest absolute Gasteiger partial charge is 0.155 e. The minimum Gasteiger partial charge on any atom is -0.366 e. The number of allylic oxidation sites excluding steroid dienone is 1. The lowest BCUT2D eigenvalue weighted by Crippen LogP contribution is -2.54. The summed E-state index contributed by atoms with van der Waals surface area (Å²) in [6, 6.07) is 0. The van der Waals surface area contributed by atoms with Crippen molar-refractivity contribution in [3.05, 3.63) is 23.8 Å². The van der Waals surface area contributed by atoms with Crippen LogP contribution in [0.25, 0.3) is 0 Å². The SMILES string of the molecule is CCC12CCC3C4CCC(=O)C=C4C4CC4C3C1CCC21C=CCO1. The Morgan fingerprint density at radius 1 is 1.16 bits per heavy atom. The van der Waals surface area contributed by atoms with E-state index in [-0.39, 0.29) is 5.60 Å². The first-order valence-corrected chi connectivity index (χ1v) is 10.7. The summed E-state index contributed by atoms with van der Waals surface area (Å²) in [6.45, 7) is 3.25. The molecule has 0 aromatic heterocycles. The van der Waals surface area contributed by atoms with E-state index >= 15 is 0 Å². The first-order valence-electron chi connectivity index (χ1n) is 10.7.